The fourth-order valence-electron chi connectivity index (χ4n) is 2.26. The molecule has 4 nitrogen and oxygen atoms in total. The first-order valence-corrected chi connectivity index (χ1v) is 7.99. The molecule has 1 aromatic heterocycles. The topological polar surface area (TPSA) is 47.6 Å². The molecule has 1 amide bonds. The minimum absolute atomic E-state index is 0.0956. The Balaban J connectivity index is 1.54. The van der Waals surface area contributed by atoms with Crippen LogP contribution in [0.25, 0.3) is 6.08 Å². The molecule has 1 aliphatic heterocycles. The van der Waals surface area contributed by atoms with Crippen molar-refractivity contribution in [2.75, 3.05) is 6.79 Å². The summed E-state index contributed by atoms with van der Waals surface area (Å²) in [7, 11) is 0. The highest BCUT2D eigenvalue weighted by Gasteiger charge is 2.12. The number of benzene rings is 1. The highest BCUT2D eigenvalue weighted by molar-refractivity contribution is 7.09. The van der Waals surface area contributed by atoms with E-state index in [2.05, 4.69) is 11.4 Å². The smallest absolute Gasteiger partial charge is 0.244 e. The predicted molar refractivity (Wildman–Crippen MR) is 87.2 cm³/mol. The van der Waals surface area contributed by atoms with Crippen LogP contribution in [0.5, 0.6) is 11.5 Å². The fraction of sp³-hybridized carbons (Fsp3) is 0.235. The molecule has 114 valence electrons. The summed E-state index contributed by atoms with van der Waals surface area (Å²) in [6, 6.07) is 9.81. The van der Waals surface area contributed by atoms with Gasteiger partial charge in [0.05, 0.1) is 0 Å². The quantitative estimate of drug-likeness (QED) is 0.862. The summed E-state index contributed by atoms with van der Waals surface area (Å²) in [6.07, 6.45) is 4.17. The lowest BCUT2D eigenvalue weighted by Crippen LogP contribution is -2.32. The molecule has 0 unspecified atom stereocenters. The first-order chi connectivity index (χ1) is 10.7. The number of ether oxygens (including phenoxy) is 2. The third kappa shape index (κ3) is 3.68. The highest BCUT2D eigenvalue weighted by atomic mass is 32.1. The number of amides is 1. The van der Waals surface area contributed by atoms with Gasteiger partial charge in [0.1, 0.15) is 0 Å². The summed E-state index contributed by atoms with van der Waals surface area (Å²) in [4.78, 5) is 13.2. The third-order valence-electron chi connectivity index (χ3n) is 3.30. The molecular formula is C17H17NO3S. The van der Waals surface area contributed by atoms with Crippen molar-refractivity contribution >= 4 is 23.3 Å². The summed E-state index contributed by atoms with van der Waals surface area (Å²) >= 11 is 1.70. The lowest BCUT2D eigenvalue weighted by Gasteiger charge is -2.10. The van der Waals surface area contributed by atoms with Crippen LogP contribution >= 0.6 is 11.3 Å². The van der Waals surface area contributed by atoms with Crippen molar-refractivity contribution in [3.63, 3.8) is 0 Å². The maximum absolute atomic E-state index is 11.9. The lowest BCUT2D eigenvalue weighted by atomic mass is 10.1. The first kappa shape index (κ1) is 14.7. The molecule has 1 aromatic carbocycles. The standard InChI is InChI=1S/C17H17NO3S/c1-12(9-14-3-2-8-22-14)18-17(19)7-5-13-4-6-15-16(10-13)21-11-20-15/h2-8,10,12H,9,11H2,1H3,(H,18,19)/b7-5+/t12-/m0/s1. The van der Waals surface area contributed by atoms with E-state index in [4.69, 9.17) is 9.47 Å². The van der Waals surface area contributed by atoms with E-state index < -0.39 is 0 Å². The Labute approximate surface area is 133 Å². The van der Waals surface area contributed by atoms with Gasteiger partial charge in [0.2, 0.25) is 12.7 Å². The molecule has 2 heterocycles. The minimum atomic E-state index is -0.0956. The van der Waals surface area contributed by atoms with Crippen LogP contribution in [0, 0.1) is 0 Å². The fourth-order valence-corrected chi connectivity index (χ4v) is 3.10. The van der Waals surface area contributed by atoms with Crippen LogP contribution in [0.3, 0.4) is 0 Å². The monoisotopic (exact) mass is 315 g/mol. The molecule has 0 saturated carbocycles. The normalized spacial score (nSPS) is 14.2. The van der Waals surface area contributed by atoms with E-state index >= 15 is 0 Å². The summed E-state index contributed by atoms with van der Waals surface area (Å²) < 4.78 is 10.6. The molecule has 5 heteroatoms. The summed E-state index contributed by atoms with van der Waals surface area (Å²) in [5.74, 6) is 1.36. The number of thiophene rings is 1. The van der Waals surface area contributed by atoms with E-state index in [1.54, 1.807) is 23.5 Å². The van der Waals surface area contributed by atoms with Crippen molar-refractivity contribution in [3.8, 4) is 11.5 Å². The largest absolute Gasteiger partial charge is 0.454 e. The predicted octanol–water partition coefficient (Wildman–Crippen LogP) is 3.24. The Hall–Kier alpha value is -2.27. The van der Waals surface area contributed by atoms with Crippen LogP contribution in [0.15, 0.2) is 41.8 Å². The van der Waals surface area contributed by atoms with E-state index in [0.717, 1.165) is 17.7 Å². The molecule has 1 aliphatic rings. The number of carbonyl (C=O) groups is 1. The van der Waals surface area contributed by atoms with Gasteiger partial charge < -0.3 is 14.8 Å². The van der Waals surface area contributed by atoms with Gasteiger partial charge in [-0.2, -0.15) is 0 Å². The van der Waals surface area contributed by atoms with E-state index in [1.165, 1.54) is 4.88 Å². The Kier molecular flexibility index (Phi) is 4.44. The van der Waals surface area contributed by atoms with Crippen molar-refractivity contribution in [2.45, 2.75) is 19.4 Å². The average Bonchev–Trinajstić information content (AvgIpc) is 3.15. The van der Waals surface area contributed by atoms with Gasteiger partial charge in [0.25, 0.3) is 0 Å². The Morgan fingerprint density at radius 2 is 2.23 bits per heavy atom. The maximum atomic E-state index is 11.9. The molecule has 1 atom stereocenters. The molecule has 0 saturated heterocycles. The summed E-state index contributed by atoms with van der Waals surface area (Å²) in [6.45, 7) is 2.26. The second kappa shape index (κ2) is 6.66. The number of rotatable bonds is 5. The molecule has 0 spiro atoms. The first-order valence-electron chi connectivity index (χ1n) is 7.11. The van der Waals surface area contributed by atoms with Crippen LogP contribution in [-0.2, 0) is 11.2 Å². The van der Waals surface area contributed by atoms with Gasteiger partial charge in [0.15, 0.2) is 11.5 Å². The molecule has 0 fully saturated rings. The van der Waals surface area contributed by atoms with Crippen LogP contribution < -0.4 is 14.8 Å². The summed E-state index contributed by atoms with van der Waals surface area (Å²) in [5, 5.41) is 5.01. The van der Waals surface area contributed by atoms with Gasteiger partial charge >= 0.3 is 0 Å². The molecule has 3 rings (SSSR count). The van der Waals surface area contributed by atoms with Crippen molar-refractivity contribution in [3.05, 3.63) is 52.2 Å². The zero-order valence-corrected chi connectivity index (χ0v) is 13.1. The van der Waals surface area contributed by atoms with Gasteiger partial charge in [0, 0.05) is 23.4 Å². The number of fused-ring (bicyclic) bond motifs is 1. The molecular weight excluding hydrogens is 298 g/mol. The Bertz CT molecular complexity index is 679. The van der Waals surface area contributed by atoms with E-state index in [0.29, 0.717) is 5.75 Å². The van der Waals surface area contributed by atoms with Crippen molar-refractivity contribution in [1.82, 2.24) is 5.32 Å². The molecule has 0 radical (unpaired) electrons. The van der Waals surface area contributed by atoms with Crippen molar-refractivity contribution in [1.29, 1.82) is 0 Å². The van der Waals surface area contributed by atoms with Crippen LogP contribution in [0.4, 0.5) is 0 Å². The van der Waals surface area contributed by atoms with Gasteiger partial charge in [-0.1, -0.05) is 12.1 Å². The molecule has 0 aliphatic carbocycles. The molecule has 1 N–H and O–H groups in total. The number of nitrogens with one attached hydrogen (secondary N) is 1. The second-order valence-electron chi connectivity index (χ2n) is 5.14. The minimum Gasteiger partial charge on any atom is -0.454 e. The zero-order chi connectivity index (χ0) is 15.4. The molecule has 22 heavy (non-hydrogen) atoms. The van der Waals surface area contributed by atoms with E-state index in [-0.39, 0.29) is 18.7 Å². The van der Waals surface area contributed by atoms with Gasteiger partial charge in [-0.25, -0.2) is 0 Å². The van der Waals surface area contributed by atoms with Gasteiger partial charge in [-0.3, -0.25) is 4.79 Å². The number of hydrogen-bond acceptors (Lipinski definition) is 4. The Morgan fingerprint density at radius 1 is 1.36 bits per heavy atom. The van der Waals surface area contributed by atoms with Crippen molar-refractivity contribution in [2.24, 2.45) is 0 Å². The lowest BCUT2D eigenvalue weighted by molar-refractivity contribution is -0.117. The average molecular weight is 315 g/mol. The highest BCUT2D eigenvalue weighted by Crippen LogP contribution is 2.32. The summed E-state index contributed by atoms with van der Waals surface area (Å²) in [5.41, 5.74) is 0.908. The van der Waals surface area contributed by atoms with Gasteiger partial charge in [-0.05, 0) is 42.1 Å². The van der Waals surface area contributed by atoms with Crippen LogP contribution in [0.2, 0.25) is 0 Å². The SMILES string of the molecule is C[C@@H](Cc1cccs1)NC(=O)/C=C/c1ccc2c(c1)OCO2. The molecule has 0 bridgehead atoms. The van der Waals surface area contributed by atoms with E-state index in [9.17, 15) is 4.79 Å². The van der Waals surface area contributed by atoms with Crippen LogP contribution in [0.1, 0.15) is 17.4 Å². The number of carbonyl (C=O) groups excluding carboxylic acids is 1. The van der Waals surface area contributed by atoms with Gasteiger partial charge in [-0.15, -0.1) is 11.3 Å². The van der Waals surface area contributed by atoms with Crippen molar-refractivity contribution < 1.29 is 14.3 Å². The van der Waals surface area contributed by atoms with Crippen LogP contribution in [-0.4, -0.2) is 18.7 Å². The second-order valence-corrected chi connectivity index (χ2v) is 6.17. The maximum Gasteiger partial charge on any atom is 0.244 e. The molecule has 2 aromatic rings. The third-order valence-corrected chi connectivity index (χ3v) is 4.20. The van der Waals surface area contributed by atoms with E-state index in [1.807, 2.05) is 36.6 Å². The number of hydrogen-bond donors (Lipinski definition) is 1. The zero-order valence-electron chi connectivity index (χ0n) is 12.2. The Morgan fingerprint density at radius 3 is 3.05 bits per heavy atom.